The van der Waals surface area contributed by atoms with Crippen LogP contribution in [0.25, 0.3) is 5.65 Å². The molecule has 0 spiro atoms. The van der Waals surface area contributed by atoms with Crippen LogP contribution >= 0.6 is 0 Å². The molecule has 0 fully saturated rings. The number of nitrogens with zero attached hydrogens (tertiary/aromatic N) is 2. The van der Waals surface area contributed by atoms with Crippen molar-refractivity contribution >= 4 is 17.2 Å². The highest BCUT2D eigenvalue weighted by Crippen LogP contribution is 2.13. The zero-order chi connectivity index (χ0) is 14.8. The lowest BCUT2D eigenvalue weighted by Gasteiger charge is -2.03. The molecule has 0 aliphatic heterocycles. The molecule has 0 unspecified atom stereocenters. The Morgan fingerprint density at radius 2 is 2.00 bits per heavy atom. The highest BCUT2D eigenvalue weighted by atomic mass is 16.1. The van der Waals surface area contributed by atoms with Crippen molar-refractivity contribution < 1.29 is 4.79 Å². The van der Waals surface area contributed by atoms with Crippen LogP contribution in [0.5, 0.6) is 0 Å². The van der Waals surface area contributed by atoms with Gasteiger partial charge in [-0.1, -0.05) is 19.1 Å². The van der Waals surface area contributed by atoms with Crippen molar-refractivity contribution in [2.24, 2.45) is 0 Å². The van der Waals surface area contributed by atoms with Crippen LogP contribution in [-0.2, 0) is 6.42 Å². The summed E-state index contributed by atoms with van der Waals surface area (Å²) in [7, 11) is 0. The van der Waals surface area contributed by atoms with Crippen molar-refractivity contribution in [1.82, 2.24) is 9.38 Å². The number of pyridine rings is 1. The quantitative estimate of drug-likeness (QED) is 0.798. The molecule has 2 heterocycles. The Morgan fingerprint density at radius 1 is 1.24 bits per heavy atom. The summed E-state index contributed by atoms with van der Waals surface area (Å²) in [5.74, 6) is -0.194. The van der Waals surface area contributed by atoms with Gasteiger partial charge in [0, 0.05) is 18.1 Å². The Balaban J connectivity index is 1.82. The zero-order valence-electron chi connectivity index (χ0n) is 12.1. The Bertz CT molecular complexity index is 787. The number of hydrogen-bond acceptors (Lipinski definition) is 2. The number of carbonyl (C=O) groups is 1. The van der Waals surface area contributed by atoms with Crippen LogP contribution in [0.2, 0.25) is 0 Å². The van der Waals surface area contributed by atoms with E-state index >= 15 is 0 Å². The van der Waals surface area contributed by atoms with E-state index in [9.17, 15) is 4.79 Å². The number of imidazole rings is 1. The molecule has 0 bridgehead atoms. The van der Waals surface area contributed by atoms with Crippen molar-refractivity contribution in [3.8, 4) is 0 Å². The van der Waals surface area contributed by atoms with Crippen LogP contribution in [0.1, 0.15) is 28.5 Å². The molecule has 4 heteroatoms. The summed E-state index contributed by atoms with van der Waals surface area (Å²) in [4.78, 5) is 16.6. The average molecular weight is 279 g/mol. The van der Waals surface area contributed by atoms with E-state index in [1.165, 1.54) is 5.56 Å². The van der Waals surface area contributed by atoms with Crippen molar-refractivity contribution in [3.63, 3.8) is 0 Å². The van der Waals surface area contributed by atoms with Gasteiger partial charge in [0.25, 0.3) is 5.91 Å². The second kappa shape index (κ2) is 5.40. The summed E-state index contributed by atoms with van der Waals surface area (Å²) in [5, 5.41) is 2.87. The lowest BCUT2D eigenvalue weighted by atomic mass is 10.1. The summed E-state index contributed by atoms with van der Waals surface area (Å²) < 4.78 is 1.85. The fourth-order valence-corrected chi connectivity index (χ4v) is 2.21. The molecular formula is C17H17N3O. The smallest absolute Gasteiger partial charge is 0.275 e. The molecule has 106 valence electrons. The molecule has 21 heavy (non-hydrogen) atoms. The third-order valence-corrected chi connectivity index (χ3v) is 3.47. The number of carbonyl (C=O) groups excluding carboxylic acids is 1. The van der Waals surface area contributed by atoms with Crippen LogP contribution in [-0.4, -0.2) is 15.3 Å². The maximum absolute atomic E-state index is 12.2. The van der Waals surface area contributed by atoms with E-state index in [1.54, 1.807) is 6.20 Å². The normalized spacial score (nSPS) is 10.8. The Hall–Kier alpha value is -2.62. The maximum atomic E-state index is 12.2. The van der Waals surface area contributed by atoms with Gasteiger partial charge < -0.3 is 9.72 Å². The molecule has 2 aromatic heterocycles. The Morgan fingerprint density at radius 3 is 2.71 bits per heavy atom. The minimum Gasteiger partial charge on any atom is -0.321 e. The SMILES string of the molecule is CCc1ccc(NC(=O)c2cn3ccc(C)cc3n2)cc1. The second-order valence-corrected chi connectivity index (χ2v) is 5.10. The highest BCUT2D eigenvalue weighted by Gasteiger charge is 2.11. The van der Waals surface area contributed by atoms with Crippen LogP contribution < -0.4 is 5.32 Å². The molecule has 0 atom stereocenters. The molecule has 0 aliphatic rings. The largest absolute Gasteiger partial charge is 0.321 e. The van der Waals surface area contributed by atoms with Crippen molar-refractivity contribution in [1.29, 1.82) is 0 Å². The molecule has 1 N–H and O–H groups in total. The molecule has 4 nitrogen and oxygen atoms in total. The van der Waals surface area contributed by atoms with Crippen LogP contribution in [0.3, 0.4) is 0 Å². The molecular weight excluding hydrogens is 262 g/mol. The summed E-state index contributed by atoms with van der Waals surface area (Å²) in [6.07, 6.45) is 4.63. The maximum Gasteiger partial charge on any atom is 0.275 e. The number of rotatable bonds is 3. The van der Waals surface area contributed by atoms with E-state index in [-0.39, 0.29) is 5.91 Å². The summed E-state index contributed by atoms with van der Waals surface area (Å²) >= 11 is 0. The number of nitrogens with one attached hydrogen (secondary N) is 1. The first-order chi connectivity index (χ1) is 10.2. The molecule has 3 aromatic rings. The Labute approximate surface area is 123 Å². The molecule has 0 saturated carbocycles. The van der Waals surface area contributed by atoms with E-state index in [2.05, 4.69) is 17.2 Å². The van der Waals surface area contributed by atoms with Gasteiger partial charge in [-0.25, -0.2) is 4.98 Å². The number of benzene rings is 1. The summed E-state index contributed by atoms with van der Waals surface area (Å²) in [6, 6.07) is 11.8. The van der Waals surface area contributed by atoms with Gasteiger partial charge in [-0.15, -0.1) is 0 Å². The predicted molar refractivity (Wildman–Crippen MR) is 83.7 cm³/mol. The van der Waals surface area contributed by atoms with E-state index in [1.807, 2.05) is 53.9 Å². The van der Waals surface area contributed by atoms with Crippen LogP contribution in [0.15, 0.2) is 48.8 Å². The topological polar surface area (TPSA) is 46.4 Å². The zero-order valence-corrected chi connectivity index (χ0v) is 12.1. The monoisotopic (exact) mass is 279 g/mol. The van der Waals surface area contributed by atoms with Crippen molar-refractivity contribution in [2.75, 3.05) is 5.32 Å². The fourth-order valence-electron chi connectivity index (χ4n) is 2.21. The lowest BCUT2D eigenvalue weighted by Crippen LogP contribution is -2.12. The minimum atomic E-state index is -0.194. The molecule has 3 rings (SSSR count). The number of amides is 1. The average Bonchev–Trinajstić information content (AvgIpc) is 2.91. The fraction of sp³-hybridized carbons (Fsp3) is 0.176. The molecule has 0 aliphatic carbocycles. The Kier molecular flexibility index (Phi) is 3.44. The molecule has 0 saturated heterocycles. The number of aryl methyl sites for hydroxylation is 2. The van der Waals surface area contributed by atoms with Gasteiger partial charge in [0.05, 0.1) is 0 Å². The van der Waals surface area contributed by atoms with E-state index in [4.69, 9.17) is 0 Å². The van der Waals surface area contributed by atoms with Crippen LogP contribution in [0, 0.1) is 6.92 Å². The third-order valence-electron chi connectivity index (χ3n) is 3.47. The first-order valence-electron chi connectivity index (χ1n) is 7.01. The van der Waals surface area contributed by atoms with Gasteiger partial charge >= 0.3 is 0 Å². The number of aromatic nitrogens is 2. The van der Waals surface area contributed by atoms with Gasteiger partial charge in [0.1, 0.15) is 11.3 Å². The van der Waals surface area contributed by atoms with Gasteiger partial charge in [-0.05, 0) is 48.7 Å². The highest BCUT2D eigenvalue weighted by molar-refractivity contribution is 6.03. The van der Waals surface area contributed by atoms with Gasteiger partial charge in [-0.2, -0.15) is 0 Å². The first kappa shape index (κ1) is 13.4. The van der Waals surface area contributed by atoms with E-state index in [0.29, 0.717) is 5.69 Å². The van der Waals surface area contributed by atoms with E-state index < -0.39 is 0 Å². The van der Waals surface area contributed by atoms with Gasteiger partial charge in [0.2, 0.25) is 0 Å². The molecule has 0 radical (unpaired) electrons. The van der Waals surface area contributed by atoms with Crippen LogP contribution in [0.4, 0.5) is 5.69 Å². The van der Waals surface area contributed by atoms with Crippen molar-refractivity contribution in [3.05, 3.63) is 65.6 Å². The number of hydrogen-bond donors (Lipinski definition) is 1. The van der Waals surface area contributed by atoms with Crippen molar-refractivity contribution in [2.45, 2.75) is 20.3 Å². The molecule has 1 aromatic carbocycles. The second-order valence-electron chi connectivity index (χ2n) is 5.10. The number of anilines is 1. The minimum absolute atomic E-state index is 0.194. The first-order valence-corrected chi connectivity index (χ1v) is 7.01. The third kappa shape index (κ3) is 2.79. The predicted octanol–water partition coefficient (Wildman–Crippen LogP) is 3.46. The summed E-state index contributed by atoms with van der Waals surface area (Å²) in [6.45, 7) is 4.11. The summed E-state index contributed by atoms with van der Waals surface area (Å²) in [5.41, 5.74) is 4.35. The number of fused-ring (bicyclic) bond motifs is 1. The standard InChI is InChI=1S/C17H17N3O/c1-3-13-4-6-14(7-5-13)18-17(21)15-11-20-9-8-12(2)10-16(20)19-15/h4-11H,3H2,1-2H3,(H,18,21). The van der Waals surface area contributed by atoms with Gasteiger partial charge in [-0.3, -0.25) is 4.79 Å². The molecule has 1 amide bonds. The van der Waals surface area contributed by atoms with Gasteiger partial charge in [0.15, 0.2) is 0 Å². The van der Waals surface area contributed by atoms with E-state index in [0.717, 1.165) is 23.3 Å². The lowest BCUT2D eigenvalue weighted by molar-refractivity contribution is 0.102.